The number of ether oxygens (including phenoxy) is 1. The van der Waals surface area contributed by atoms with Crippen molar-refractivity contribution in [1.82, 2.24) is 0 Å². The molecule has 3 aromatic carbocycles. The van der Waals surface area contributed by atoms with Gasteiger partial charge in [-0.2, -0.15) is 0 Å². The maximum atomic E-state index is 10.1. The van der Waals surface area contributed by atoms with Gasteiger partial charge >= 0.3 is 0 Å². The van der Waals surface area contributed by atoms with Gasteiger partial charge in [-0.3, -0.25) is 0 Å². The van der Waals surface area contributed by atoms with Crippen molar-refractivity contribution in [2.45, 2.75) is 52.6 Å². The van der Waals surface area contributed by atoms with Crippen LogP contribution in [0.2, 0.25) is 5.02 Å². The van der Waals surface area contributed by atoms with Crippen LogP contribution in [0, 0.1) is 13.8 Å². The van der Waals surface area contributed by atoms with E-state index < -0.39 is 0 Å². The van der Waals surface area contributed by atoms with E-state index in [1.165, 1.54) is 22.3 Å². The lowest BCUT2D eigenvalue weighted by Gasteiger charge is -2.18. The Morgan fingerprint density at radius 1 is 1.00 bits per heavy atom. The molecule has 3 aromatic rings. The molecule has 4 nitrogen and oxygen atoms in total. The highest BCUT2D eigenvalue weighted by Gasteiger charge is 2.13. The minimum Gasteiger partial charge on any atom is -0.508 e. The highest BCUT2D eigenvalue weighted by molar-refractivity contribution is 7.32. The minimum absolute atomic E-state index is 0.0437. The average Bonchev–Trinajstić information content (AvgIpc) is 2.79. The summed E-state index contributed by atoms with van der Waals surface area (Å²) in [5.41, 5.74) is 6.75. The quantitative estimate of drug-likeness (QED) is 0.212. The molecule has 2 unspecified atom stereocenters. The molecule has 0 heterocycles. The lowest BCUT2D eigenvalue weighted by atomic mass is 9.93. The first-order valence-electron chi connectivity index (χ1n) is 11.6. The number of aromatic hydroxyl groups is 1. The van der Waals surface area contributed by atoms with Crippen LogP contribution < -0.4 is 4.74 Å². The van der Waals surface area contributed by atoms with Crippen LogP contribution in [0.15, 0.2) is 54.6 Å². The standard InChI is InChI=1S/C28H34ClO4P/c1-18(2)25-14-21(8-9-27(25)31)15-26-19(3)12-24(13-20(26)4)32-17-34-33-28(10-11-30)22-6-5-7-23(29)16-22/h5-9,12-14,16,18,28,30-31,34H,10-11,15,17H2,1-4H3. The van der Waals surface area contributed by atoms with Crippen molar-refractivity contribution >= 4 is 20.4 Å². The lowest BCUT2D eigenvalue weighted by molar-refractivity contribution is 0.171. The van der Waals surface area contributed by atoms with E-state index in [1.807, 2.05) is 30.3 Å². The second-order valence-electron chi connectivity index (χ2n) is 8.87. The molecule has 0 aliphatic carbocycles. The van der Waals surface area contributed by atoms with Crippen molar-refractivity contribution in [3.63, 3.8) is 0 Å². The Hall–Kier alpha value is -2.10. The Bertz CT molecular complexity index is 1080. The number of aliphatic hydroxyl groups excluding tert-OH is 1. The fourth-order valence-corrected chi connectivity index (χ4v) is 5.01. The molecular weight excluding hydrogens is 467 g/mol. The van der Waals surface area contributed by atoms with Gasteiger partial charge in [0.05, 0.1) is 14.9 Å². The topological polar surface area (TPSA) is 58.9 Å². The summed E-state index contributed by atoms with van der Waals surface area (Å²) in [5.74, 6) is 1.46. The third-order valence-corrected chi connectivity index (χ3v) is 6.85. The molecule has 3 rings (SSSR count). The number of phenolic OH excluding ortho intramolecular Hbond substituents is 1. The molecule has 0 aliphatic heterocycles. The van der Waals surface area contributed by atoms with E-state index in [1.54, 1.807) is 6.07 Å². The summed E-state index contributed by atoms with van der Waals surface area (Å²) in [6, 6.07) is 17.6. The van der Waals surface area contributed by atoms with Gasteiger partial charge in [0.1, 0.15) is 17.8 Å². The van der Waals surface area contributed by atoms with Crippen LogP contribution in [0.3, 0.4) is 0 Å². The van der Waals surface area contributed by atoms with Gasteiger partial charge in [0, 0.05) is 18.1 Å². The normalized spacial score (nSPS) is 12.6. The van der Waals surface area contributed by atoms with Crippen molar-refractivity contribution in [3.05, 3.63) is 93.0 Å². The Balaban J connectivity index is 1.61. The maximum Gasteiger partial charge on any atom is 0.129 e. The summed E-state index contributed by atoms with van der Waals surface area (Å²) >= 11 is 6.10. The average molecular weight is 501 g/mol. The number of hydrogen-bond acceptors (Lipinski definition) is 4. The van der Waals surface area contributed by atoms with Gasteiger partial charge in [0.25, 0.3) is 0 Å². The SMILES string of the molecule is Cc1cc(OCPOC(CCO)c2cccc(Cl)c2)cc(C)c1Cc1ccc(O)c(C(C)C)c1. The van der Waals surface area contributed by atoms with Crippen LogP contribution >= 0.6 is 20.4 Å². The number of halogens is 1. The van der Waals surface area contributed by atoms with Gasteiger partial charge in [-0.1, -0.05) is 49.7 Å². The molecular formula is C28H34ClO4P. The fraction of sp³-hybridized carbons (Fsp3) is 0.357. The predicted octanol–water partition coefficient (Wildman–Crippen LogP) is 7.45. The van der Waals surface area contributed by atoms with Crippen molar-refractivity contribution in [2.24, 2.45) is 0 Å². The van der Waals surface area contributed by atoms with E-state index in [-0.39, 0.29) is 27.4 Å². The Kier molecular flexibility index (Phi) is 9.79. The van der Waals surface area contributed by atoms with Gasteiger partial charge in [-0.15, -0.1) is 0 Å². The van der Waals surface area contributed by atoms with E-state index >= 15 is 0 Å². The number of phenols is 1. The molecule has 34 heavy (non-hydrogen) atoms. The maximum absolute atomic E-state index is 10.1. The number of benzene rings is 3. The smallest absolute Gasteiger partial charge is 0.129 e. The zero-order chi connectivity index (χ0) is 24.7. The van der Waals surface area contributed by atoms with E-state index in [0.29, 0.717) is 23.5 Å². The second-order valence-corrected chi connectivity index (χ2v) is 10.1. The fourth-order valence-electron chi connectivity index (χ4n) is 4.06. The van der Waals surface area contributed by atoms with Crippen LogP contribution in [-0.2, 0) is 10.9 Å². The van der Waals surface area contributed by atoms with Crippen molar-refractivity contribution in [2.75, 3.05) is 13.0 Å². The Morgan fingerprint density at radius 3 is 2.38 bits per heavy atom. The molecule has 0 saturated carbocycles. The Labute approximate surface area is 209 Å². The Morgan fingerprint density at radius 2 is 1.74 bits per heavy atom. The highest BCUT2D eigenvalue weighted by atomic mass is 35.5. The summed E-state index contributed by atoms with van der Waals surface area (Å²) in [7, 11) is 0.133. The third-order valence-electron chi connectivity index (χ3n) is 5.90. The summed E-state index contributed by atoms with van der Waals surface area (Å²) in [4.78, 5) is 0. The molecule has 0 spiro atoms. The van der Waals surface area contributed by atoms with Crippen LogP contribution in [0.4, 0.5) is 0 Å². The van der Waals surface area contributed by atoms with Gasteiger partial charge in [0.15, 0.2) is 0 Å². The third kappa shape index (κ3) is 7.20. The summed E-state index contributed by atoms with van der Waals surface area (Å²) < 4.78 is 12.0. The van der Waals surface area contributed by atoms with Crippen molar-refractivity contribution in [1.29, 1.82) is 0 Å². The van der Waals surface area contributed by atoms with E-state index in [4.69, 9.17) is 20.9 Å². The van der Waals surface area contributed by atoms with Gasteiger partial charge in [-0.05, 0) is 89.9 Å². The van der Waals surface area contributed by atoms with Crippen molar-refractivity contribution in [3.8, 4) is 11.5 Å². The summed E-state index contributed by atoms with van der Waals surface area (Å²) in [5, 5.41) is 20.2. The molecule has 182 valence electrons. The largest absolute Gasteiger partial charge is 0.508 e. The summed E-state index contributed by atoms with van der Waals surface area (Å²) in [6.07, 6.45) is 1.55. The van der Waals surface area contributed by atoms with Crippen molar-refractivity contribution < 1.29 is 19.5 Å². The molecule has 0 amide bonds. The second kappa shape index (κ2) is 12.6. The first-order valence-corrected chi connectivity index (χ1v) is 13.1. The molecule has 0 fully saturated rings. The molecule has 0 radical (unpaired) electrons. The van der Waals surface area contributed by atoms with Crippen LogP contribution in [0.5, 0.6) is 11.5 Å². The molecule has 0 saturated heterocycles. The predicted molar refractivity (Wildman–Crippen MR) is 142 cm³/mol. The monoisotopic (exact) mass is 500 g/mol. The van der Waals surface area contributed by atoms with E-state index in [2.05, 4.69) is 45.9 Å². The molecule has 2 N–H and O–H groups in total. The summed E-state index contributed by atoms with van der Waals surface area (Å²) in [6.45, 7) is 8.43. The van der Waals surface area contributed by atoms with Gasteiger partial charge in [0.2, 0.25) is 0 Å². The highest BCUT2D eigenvalue weighted by Crippen LogP contribution is 2.32. The number of aliphatic hydroxyl groups is 1. The van der Waals surface area contributed by atoms with Crippen LogP contribution in [0.1, 0.15) is 65.7 Å². The molecule has 0 aromatic heterocycles. The minimum atomic E-state index is -0.211. The lowest BCUT2D eigenvalue weighted by Crippen LogP contribution is -2.04. The number of hydrogen-bond donors (Lipinski definition) is 2. The number of aryl methyl sites for hydroxylation is 2. The molecule has 0 aliphatic rings. The molecule has 0 bridgehead atoms. The van der Waals surface area contributed by atoms with Gasteiger partial charge in [-0.25, -0.2) is 0 Å². The zero-order valence-electron chi connectivity index (χ0n) is 20.3. The molecule has 6 heteroatoms. The molecule has 2 atom stereocenters. The van der Waals surface area contributed by atoms with E-state index in [9.17, 15) is 10.2 Å². The van der Waals surface area contributed by atoms with E-state index in [0.717, 1.165) is 23.3 Å². The van der Waals surface area contributed by atoms with Crippen LogP contribution in [-0.4, -0.2) is 23.2 Å². The van der Waals surface area contributed by atoms with Gasteiger partial charge < -0.3 is 19.5 Å². The zero-order valence-corrected chi connectivity index (χ0v) is 22.0. The number of rotatable bonds is 11. The van der Waals surface area contributed by atoms with Crippen LogP contribution in [0.25, 0.3) is 0 Å². The first kappa shape index (κ1) is 26.5. The first-order chi connectivity index (χ1) is 16.3.